The van der Waals surface area contributed by atoms with Crippen molar-refractivity contribution in [3.05, 3.63) is 80.3 Å². The summed E-state index contributed by atoms with van der Waals surface area (Å²) in [7, 11) is 0. The summed E-state index contributed by atoms with van der Waals surface area (Å²) in [5, 5.41) is 10.5. The molecule has 5 heteroatoms. The van der Waals surface area contributed by atoms with Gasteiger partial charge in [-0.25, -0.2) is 0 Å². The minimum Gasteiger partial charge on any atom is -0.493 e. The number of para-hydroxylation sites is 1. The second-order valence-corrected chi connectivity index (χ2v) is 6.50. The zero-order valence-corrected chi connectivity index (χ0v) is 13.5. The molecule has 0 spiro atoms. The Morgan fingerprint density at radius 2 is 1.83 bits per heavy atom. The Morgan fingerprint density at radius 3 is 2.67 bits per heavy atom. The number of fused-ring (bicyclic) bond motifs is 1. The van der Waals surface area contributed by atoms with Crippen molar-refractivity contribution in [3.8, 4) is 5.88 Å². The van der Waals surface area contributed by atoms with E-state index in [4.69, 9.17) is 0 Å². The van der Waals surface area contributed by atoms with Gasteiger partial charge in [-0.3, -0.25) is 14.4 Å². The number of aromatic nitrogens is 1. The number of hydrogen-bond donors (Lipinski definition) is 1. The molecule has 3 aromatic rings. The number of allylic oxidation sites excluding steroid dienone is 1. The first kappa shape index (κ1) is 14.7. The molecule has 1 aliphatic heterocycles. The minimum atomic E-state index is -0.175. The molecule has 0 aliphatic carbocycles. The van der Waals surface area contributed by atoms with Crippen molar-refractivity contribution in [3.63, 3.8) is 0 Å². The highest BCUT2D eigenvalue weighted by Gasteiger charge is 2.16. The summed E-state index contributed by atoms with van der Waals surface area (Å²) in [6, 6.07) is 17.4. The van der Waals surface area contributed by atoms with Crippen LogP contribution >= 0.6 is 11.3 Å². The smallest absolute Gasteiger partial charge is 0.310 e. The van der Waals surface area contributed by atoms with Gasteiger partial charge in [-0.15, -0.1) is 0 Å². The van der Waals surface area contributed by atoms with Crippen LogP contribution in [0.1, 0.15) is 16.0 Å². The van der Waals surface area contributed by atoms with Gasteiger partial charge in [-0.2, -0.15) is 0 Å². The number of nitrogens with zero attached hydrogens (tertiary/aromatic N) is 2. The van der Waals surface area contributed by atoms with Gasteiger partial charge in [0.25, 0.3) is 0 Å². The third kappa shape index (κ3) is 2.59. The van der Waals surface area contributed by atoms with Crippen molar-refractivity contribution < 1.29 is 5.11 Å². The summed E-state index contributed by atoms with van der Waals surface area (Å²) in [6.45, 7) is 0.357. The molecule has 4 nitrogen and oxygen atoms in total. The van der Waals surface area contributed by atoms with Crippen molar-refractivity contribution in [2.24, 2.45) is 4.99 Å². The van der Waals surface area contributed by atoms with Gasteiger partial charge in [0.15, 0.2) is 0 Å². The number of rotatable bonds is 3. The van der Waals surface area contributed by atoms with Gasteiger partial charge in [-0.05, 0) is 17.7 Å². The molecule has 2 aromatic carbocycles. The SMILES string of the molecule is O=c1sc(/C=C2/C=Nc3ccccc32)c(O)n1Cc1ccccc1. The summed E-state index contributed by atoms with van der Waals surface area (Å²) in [6.07, 6.45) is 3.58. The highest BCUT2D eigenvalue weighted by Crippen LogP contribution is 2.34. The maximum atomic E-state index is 12.2. The largest absolute Gasteiger partial charge is 0.493 e. The number of hydrogen-bond acceptors (Lipinski definition) is 4. The van der Waals surface area contributed by atoms with Gasteiger partial charge in [0.2, 0.25) is 5.88 Å². The van der Waals surface area contributed by atoms with Gasteiger partial charge in [-0.1, -0.05) is 59.9 Å². The molecule has 0 radical (unpaired) electrons. The normalized spacial score (nSPS) is 14.2. The fourth-order valence-corrected chi connectivity index (χ4v) is 3.55. The molecular weight excluding hydrogens is 320 g/mol. The fraction of sp³-hybridized carbons (Fsp3) is 0.0526. The predicted octanol–water partition coefficient (Wildman–Crippen LogP) is 3.92. The van der Waals surface area contributed by atoms with Gasteiger partial charge in [0.1, 0.15) is 0 Å². The lowest BCUT2D eigenvalue weighted by Crippen LogP contribution is -2.13. The van der Waals surface area contributed by atoms with E-state index in [2.05, 4.69) is 4.99 Å². The standard InChI is InChI=1S/C19H14N2O2S/c22-18-17(10-14-11-20-16-9-5-4-8-15(14)16)24-19(23)21(18)12-13-6-2-1-3-7-13/h1-11,22H,12H2/b14-10-. The maximum absolute atomic E-state index is 12.2. The molecule has 118 valence electrons. The Labute approximate surface area is 142 Å². The Balaban J connectivity index is 1.72. The first-order valence-electron chi connectivity index (χ1n) is 7.54. The first-order valence-corrected chi connectivity index (χ1v) is 8.36. The van der Waals surface area contributed by atoms with Crippen LogP contribution < -0.4 is 4.87 Å². The van der Waals surface area contributed by atoms with Crippen LogP contribution in [0.5, 0.6) is 5.88 Å². The van der Waals surface area contributed by atoms with E-state index in [0.717, 1.165) is 33.7 Å². The Bertz CT molecular complexity index is 1010. The molecule has 0 unspecified atom stereocenters. The van der Waals surface area contributed by atoms with Gasteiger partial charge in [0.05, 0.1) is 17.1 Å². The van der Waals surface area contributed by atoms with Crippen molar-refractivity contribution >= 4 is 34.9 Å². The third-order valence-electron chi connectivity index (χ3n) is 3.92. The average molecular weight is 334 g/mol. The van der Waals surface area contributed by atoms with E-state index in [1.807, 2.05) is 60.7 Å². The molecule has 24 heavy (non-hydrogen) atoms. The topological polar surface area (TPSA) is 54.6 Å². The number of thiazole rings is 1. The molecule has 0 saturated heterocycles. The monoisotopic (exact) mass is 334 g/mol. The van der Waals surface area contributed by atoms with Gasteiger partial charge in [0, 0.05) is 17.4 Å². The van der Waals surface area contributed by atoms with E-state index in [1.54, 1.807) is 6.21 Å². The maximum Gasteiger partial charge on any atom is 0.310 e. The molecule has 0 amide bonds. The summed E-state index contributed by atoms with van der Waals surface area (Å²) in [5.74, 6) is -0.000802. The molecule has 4 rings (SSSR count). The lowest BCUT2D eigenvalue weighted by molar-refractivity contribution is 0.420. The molecule has 0 atom stereocenters. The highest BCUT2D eigenvalue weighted by atomic mass is 32.1. The molecular formula is C19H14N2O2S. The van der Waals surface area contributed by atoms with Crippen LogP contribution in [-0.2, 0) is 6.54 Å². The Hall–Kier alpha value is -2.92. The van der Waals surface area contributed by atoms with E-state index in [1.165, 1.54) is 4.57 Å². The summed E-state index contributed by atoms with van der Waals surface area (Å²) >= 11 is 1.04. The number of aromatic hydroxyl groups is 1. The first-order chi connectivity index (χ1) is 11.7. The predicted molar refractivity (Wildman–Crippen MR) is 98.3 cm³/mol. The number of aliphatic imine (C=N–C) groups is 1. The van der Waals surface area contributed by atoms with E-state index < -0.39 is 0 Å². The minimum absolute atomic E-state index is 0.000802. The van der Waals surface area contributed by atoms with Crippen molar-refractivity contribution in [2.45, 2.75) is 6.54 Å². The van der Waals surface area contributed by atoms with Crippen LogP contribution in [0.25, 0.3) is 11.6 Å². The van der Waals surface area contributed by atoms with E-state index >= 15 is 0 Å². The van der Waals surface area contributed by atoms with Crippen LogP contribution in [0, 0.1) is 0 Å². The second kappa shape index (κ2) is 5.94. The van der Waals surface area contributed by atoms with E-state index in [9.17, 15) is 9.90 Å². The Kier molecular flexibility index (Phi) is 3.63. The molecule has 0 saturated carbocycles. The molecule has 1 aliphatic rings. The summed E-state index contributed by atoms with van der Waals surface area (Å²) in [5.41, 5.74) is 3.78. The molecule has 2 heterocycles. The van der Waals surface area contributed by atoms with Gasteiger partial charge < -0.3 is 5.11 Å². The quantitative estimate of drug-likeness (QED) is 0.789. The molecule has 0 fully saturated rings. The van der Waals surface area contributed by atoms with Crippen LogP contribution in [0.4, 0.5) is 5.69 Å². The van der Waals surface area contributed by atoms with Crippen molar-refractivity contribution in [1.29, 1.82) is 0 Å². The zero-order valence-electron chi connectivity index (χ0n) is 12.7. The van der Waals surface area contributed by atoms with Crippen LogP contribution in [0.2, 0.25) is 0 Å². The van der Waals surface area contributed by atoms with Gasteiger partial charge >= 0.3 is 4.87 Å². The summed E-state index contributed by atoms with van der Waals surface area (Å²) in [4.78, 5) is 17.0. The highest BCUT2D eigenvalue weighted by molar-refractivity contribution is 7.10. The molecule has 0 bridgehead atoms. The van der Waals surface area contributed by atoms with Crippen LogP contribution in [0.3, 0.4) is 0 Å². The van der Waals surface area contributed by atoms with Crippen molar-refractivity contribution in [2.75, 3.05) is 0 Å². The number of benzene rings is 2. The van der Waals surface area contributed by atoms with Crippen LogP contribution in [-0.4, -0.2) is 15.9 Å². The molecule has 1 aromatic heterocycles. The zero-order chi connectivity index (χ0) is 16.5. The average Bonchev–Trinajstić information content (AvgIpc) is 3.13. The third-order valence-corrected chi connectivity index (χ3v) is 4.84. The lowest BCUT2D eigenvalue weighted by atomic mass is 10.1. The van der Waals surface area contributed by atoms with E-state index in [-0.39, 0.29) is 10.8 Å². The second-order valence-electron chi connectivity index (χ2n) is 5.50. The fourth-order valence-electron chi connectivity index (χ4n) is 2.71. The molecule has 1 N–H and O–H groups in total. The lowest BCUT2D eigenvalue weighted by Gasteiger charge is -2.04. The van der Waals surface area contributed by atoms with E-state index in [0.29, 0.717) is 11.4 Å². The van der Waals surface area contributed by atoms with Crippen LogP contribution in [0.15, 0.2) is 64.4 Å². The Morgan fingerprint density at radius 1 is 1.08 bits per heavy atom. The summed E-state index contributed by atoms with van der Waals surface area (Å²) < 4.78 is 1.39. The van der Waals surface area contributed by atoms with Crippen molar-refractivity contribution in [1.82, 2.24) is 4.57 Å².